The summed E-state index contributed by atoms with van der Waals surface area (Å²) < 4.78 is 13.7. The van der Waals surface area contributed by atoms with E-state index in [1.54, 1.807) is 12.1 Å². The number of hydrogen-bond acceptors (Lipinski definition) is 2. The van der Waals surface area contributed by atoms with E-state index in [0.29, 0.717) is 24.0 Å². The molecule has 0 aliphatic heterocycles. The van der Waals surface area contributed by atoms with Gasteiger partial charge in [0.25, 0.3) is 0 Å². The van der Waals surface area contributed by atoms with E-state index >= 15 is 0 Å². The number of amides is 1. The molecule has 0 heterocycles. The molecule has 2 aliphatic rings. The number of rotatable bonds is 3. The van der Waals surface area contributed by atoms with Crippen molar-refractivity contribution in [2.45, 2.75) is 51.0 Å². The van der Waals surface area contributed by atoms with Gasteiger partial charge in [0.1, 0.15) is 5.82 Å². The van der Waals surface area contributed by atoms with Gasteiger partial charge < -0.3 is 5.32 Å². The maximum Gasteiger partial charge on any atom is 0.220 e. The summed E-state index contributed by atoms with van der Waals surface area (Å²) in [4.78, 5) is 24.4. The van der Waals surface area contributed by atoms with Crippen LogP contribution in [0.25, 0.3) is 0 Å². The highest BCUT2D eigenvalue weighted by atomic mass is 19.1. The predicted octanol–water partition coefficient (Wildman–Crippen LogP) is 3.02. The van der Waals surface area contributed by atoms with Gasteiger partial charge in [-0.3, -0.25) is 9.59 Å². The van der Waals surface area contributed by atoms with Crippen LogP contribution in [0.15, 0.2) is 18.2 Å². The molecule has 1 saturated carbocycles. The van der Waals surface area contributed by atoms with Crippen molar-refractivity contribution in [3.05, 3.63) is 35.1 Å². The molecular formula is C17H20FNO2. The molecule has 21 heavy (non-hydrogen) atoms. The third-order valence-electron chi connectivity index (χ3n) is 4.65. The number of fused-ring (bicyclic) bond motifs is 1. The van der Waals surface area contributed by atoms with Crippen LogP contribution in [0.1, 0.15) is 54.4 Å². The molecule has 1 amide bonds. The Hall–Kier alpha value is -1.71. The van der Waals surface area contributed by atoms with E-state index < -0.39 is 0 Å². The molecule has 0 bridgehead atoms. The lowest BCUT2D eigenvalue weighted by Crippen LogP contribution is -2.36. The van der Waals surface area contributed by atoms with Crippen molar-refractivity contribution in [3.8, 4) is 0 Å². The number of ketones is 1. The van der Waals surface area contributed by atoms with Crippen LogP contribution in [0.3, 0.4) is 0 Å². The molecule has 0 spiro atoms. The van der Waals surface area contributed by atoms with Crippen LogP contribution in [0.4, 0.5) is 4.39 Å². The van der Waals surface area contributed by atoms with Gasteiger partial charge in [0.2, 0.25) is 5.91 Å². The lowest BCUT2D eigenvalue weighted by atomic mass is 9.80. The Morgan fingerprint density at radius 3 is 2.76 bits per heavy atom. The molecular weight excluding hydrogens is 269 g/mol. The summed E-state index contributed by atoms with van der Waals surface area (Å²) in [5.41, 5.74) is 0.967. The summed E-state index contributed by atoms with van der Waals surface area (Å²) in [6.45, 7) is 0. The van der Waals surface area contributed by atoms with Gasteiger partial charge in [-0.1, -0.05) is 25.0 Å². The molecule has 3 nitrogen and oxygen atoms in total. The number of nitrogens with one attached hydrogen (secondary N) is 1. The number of hydrogen-bond donors (Lipinski definition) is 1. The predicted molar refractivity (Wildman–Crippen MR) is 77.6 cm³/mol. The van der Waals surface area contributed by atoms with E-state index in [9.17, 15) is 14.0 Å². The molecule has 4 heteroatoms. The Balaban J connectivity index is 1.65. The standard InChI is InChI=1S/C17H20FNO2/c18-15-7-3-6-14-13(15)9-8-11(17(14)21)10-16(20)19-12-4-1-2-5-12/h3,6-7,11-12H,1-2,4-5,8-10H2,(H,19,20). The average Bonchev–Trinajstić information content (AvgIpc) is 2.95. The minimum atomic E-state index is -0.310. The number of carbonyl (C=O) groups is 2. The third kappa shape index (κ3) is 2.99. The minimum Gasteiger partial charge on any atom is -0.353 e. The van der Waals surface area contributed by atoms with Crippen molar-refractivity contribution >= 4 is 11.7 Å². The van der Waals surface area contributed by atoms with Gasteiger partial charge in [-0.25, -0.2) is 4.39 Å². The molecule has 3 rings (SSSR count). The largest absolute Gasteiger partial charge is 0.353 e. The Kier molecular flexibility index (Phi) is 4.04. The monoisotopic (exact) mass is 289 g/mol. The molecule has 1 aromatic rings. The molecule has 1 unspecified atom stereocenters. The van der Waals surface area contributed by atoms with Crippen molar-refractivity contribution in [3.63, 3.8) is 0 Å². The molecule has 1 atom stereocenters. The SMILES string of the molecule is O=C(CC1CCc2c(F)cccc2C1=O)NC1CCCC1. The van der Waals surface area contributed by atoms with Gasteiger partial charge in [-0.05, 0) is 37.3 Å². The maximum atomic E-state index is 13.7. The van der Waals surface area contributed by atoms with Crippen LogP contribution in [0.2, 0.25) is 0 Å². The van der Waals surface area contributed by atoms with Gasteiger partial charge in [0.05, 0.1) is 0 Å². The van der Waals surface area contributed by atoms with E-state index in [-0.39, 0.29) is 35.9 Å². The Morgan fingerprint density at radius 2 is 2.00 bits per heavy atom. The zero-order valence-corrected chi connectivity index (χ0v) is 12.0. The lowest BCUT2D eigenvalue weighted by molar-refractivity contribution is -0.122. The fourth-order valence-electron chi connectivity index (χ4n) is 3.49. The quantitative estimate of drug-likeness (QED) is 0.929. The summed E-state index contributed by atoms with van der Waals surface area (Å²) in [5.74, 6) is -0.743. The summed E-state index contributed by atoms with van der Waals surface area (Å²) in [6, 6.07) is 4.90. The summed E-state index contributed by atoms with van der Waals surface area (Å²) in [6.07, 6.45) is 5.74. The highest BCUT2D eigenvalue weighted by Gasteiger charge is 2.31. The first-order valence-corrected chi connectivity index (χ1v) is 7.76. The summed E-state index contributed by atoms with van der Waals surface area (Å²) in [5, 5.41) is 3.02. The van der Waals surface area contributed by atoms with Crippen LogP contribution in [0.5, 0.6) is 0 Å². The van der Waals surface area contributed by atoms with Gasteiger partial charge >= 0.3 is 0 Å². The molecule has 0 radical (unpaired) electrons. The van der Waals surface area contributed by atoms with Gasteiger partial charge in [0.15, 0.2) is 5.78 Å². The molecule has 0 aromatic heterocycles. The van der Waals surface area contributed by atoms with E-state index in [4.69, 9.17) is 0 Å². The number of benzene rings is 1. The zero-order chi connectivity index (χ0) is 14.8. The normalized spacial score (nSPS) is 22.1. The van der Waals surface area contributed by atoms with Crippen molar-refractivity contribution < 1.29 is 14.0 Å². The van der Waals surface area contributed by atoms with Crippen molar-refractivity contribution in [2.75, 3.05) is 0 Å². The molecule has 2 aliphatic carbocycles. The first kappa shape index (κ1) is 14.2. The molecule has 1 aromatic carbocycles. The summed E-state index contributed by atoms with van der Waals surface area (Å²) >= 11 is 0. The Bertz CT molecular complexity index is 564. The van der Waals surface area contributed by atoms with Crippen molar-refractivity contribution in [1.82, 2.24) is 5.32 Å². The van der Waals surface area contributed by atoms with Gasteiger partial charge in [-0.15, -0.1) is 0 Å². The van der Waals surface area contributed by atoms with Crippen molar-refractivity contribution in [1.29, 1.82) is 0 Å². The maximum absolute atomic E-state index is 13.7. The second-order valence-electron chi connectivity index (χ2n) is 6.12. The highest BCUT2D eigenvalue weighted by molar-refractivity contribution is 6.02. The van der Waals surface area contributed by atoms with Crippen LogP contribution in [0, 0.1) is 11.7 Å². The first-order chi connectivity index (χ1) is 10.1. The Morgan fingerprint density at radius 1 is 1.24 bits per heavy atom. The molecule has 112 valence electrons. The van der Waals surface area contributed by atoms with Gasteiger partial charge in [-0.2, -0.15) is 0 Å². The van der Waals surface area contributed by atoms with Crippen LogP contribution >= 0.6 is 0 Å². The topological polar surface area (TPSA) is 46.2 Å². The number of Topliss-reactive ketones (excluding diaryl/α,β-unsaturated/α-hetero) is 1. The van der Waals surface area contributed by atoms with Crippen LogP contribution in [-0.4, -0.2) is 17.7 Å². The molecule has 1 N–H and O–H groups in total. The lowest BCUT2D eigenvalue weighted by Gasteiger charge is -2.23. The zero-order valence-electron chi connectivity index (χ0n) is 12.0. The molecule has 0 saturated heterocycles. The third-order valence-corrected chi connectivity index (χ3v) is 4.65. The van der Waals surface area contributed by atoms with E-state index in [1.165, 1.54) is 18.9 Å². The van der Waals surface area contributed by atoms with E-state index in [0.717, 1.165) is 12.8 Å². The highest BCUT2D eigenvalue weighted by Crippen LogP contribution is 2.29. The Labute approximate surface area is 123 Å². The van der Waals surface area contributed by atoms with Crippen LogP contribution in [-0.2, 0) is 11.2 Å². The fourth-order valence-corrected chi connectivity index (χ4v) is 3.49. The van der Waals surface area contributed by atoms with E-state index in [2.05, 4.69) is 5.32 Å². The van der Waals surface area contributed by atoms with Crippen LogP contribution < -0.4 is 5.32 Å². The second kappa shape index (κ2) is 5.96. The fraction of sp³-hybridized carbons (Fsp3) is 0.529. The molecule has 1 fully saturated rings. The smallest absolute Gasteiger partial charge is 0.220 e. The van der Waals surface area contributed by atoms with E-state index in [1.807, 2.05) is 0 Å². The van der Waals surface area contributed by atoms with Gasteiger partial charge in [0, 0.05) is 23.9 Å². The summed E-state index contributed by atoms with van der Waals surface area (Å²) in [7, 11) is 0. The van der Waals surface area contributed by atoms with Crippen molar-refractivity contribution in [2.24, 2.45) is 5.92 Å². The second-order valence-corrected chi connectivity index (χ2v) is 6.12. The minimum absolute atomic E-state index is 0.0416. The average molecular weight is 289 g/mol. The first-order valence-electron chi connectivity index (χ1n) is 7.76. The number of carbonyl (C=O) groups excluding carboxylic acids is 2. The number of halogens is 1.